The van der Waals surface area contributed by atoms with Crippen LogP contribution in [0.4, 0.5) is 0 Å². The summed E-state index contributed by atoms with van der Waals surface area (Å²) in [4.78, 5) is 11.4. The maximum absolute atomic E-state index is 11.4. The summed E-state index contributed by atoms with van der Waals surface area (Å²) in [5.74, 6) is -0.117. The first-order valence-electron chi connectivity index (χ1n) is 6.80. The van der Waals surface area contributed by atoms with Crippen molar-refractivity contribution >= 4 is 15.9 Å². The molecule has 7 heteroatoms. The van der Waals surface area contributed by atoms with Gasteiger partial charge in [-0.3, -0.25) is 4.79 Å². The van der Waals surface area contributed by atoms with Gasteiger partial charge in [0.15, 0.2) is 0 Å². The number of amides is 1. The Hall–Kier alpha value is -0.660. The molecule has 1 aliphatic rings. The number of unbranched alkanes of at least 4 members (excludes halogenated alkanes) is 1. The molecule has 0 unspecified atom stereocenters. The number of hydrogen-bond donors (Lipinski definition) is 2. The molecule has 0 aromatic rings. The summed E-state index contributed by atoms with van der Waals surface area (Å²) in [6.45, 7) is 1.68. The highest BCUT2D eigenvalue weighted by atomic mass is 32.2. The fourth-order valence-electron chi connectivity index (χ4n) is 2.04. The van der Waals surface area contributed by atoms with E-state index in [0.29, 0.717) is 12.6 Å². The smallest absolute Gasteiger partial charge is 0.221 e. The molecule has 112 valence electrons. The molecule has 0 bridgehead atoms. The predicted molar refractivity (Wildman–Crippen MR) is 73.3 cm³/mol. The monoisotopic (exact) mass is 292 g/mol. The Kier molecular flexibility index (Phi) is 7.33. The number of carbonyl (C=O) groups excluding carboxylic acids is 1. The van der Waals surface area contributed by atoms with Crippen molar-refractivity contribution in [3.63, 3.8) is 0 Å². The lowest BCUT2D eigenvalue weighted by Crippen LogP contribution is -2.30. The summed E-state index contributed by atoms with van der Waals surface area (Å²) in [5, 5.41) is 2.78. The van der Waals surface area contributed by atoms with Gasteiger partial charge < -0.3 is 10.1 Å². The molecule has 19 heavy (non-hydrogen) atoms. The molecule has 0 radical (unpaired) electrons. The Labute approximate surface area is 115 Å². The minimum absolute atomic E-state index is 0.117. The van der Waals surface area contributed by atoms with Crippen molar-refractivity contribution in [2.45, 2.75) is 44.6 Å². The second kappa shape index (κ2) is 8.50. The summed E-state index contributed by atoms with van der Waals surface area (Å²) >= 11 is 0. The van der Waals surface area contributed by atoms with Gasteiger partial charge in [-0.25, -0.2) is 13.1 Å². The van der Waals surface area contributed by atoms with E-state index in [-0.39, 0.29) is 18.9 Å². The van der Waals surface area contributed by atoms with Crippen LogP contribution in [0.3, 0.4) is 0 Å². The van der Waals surface area contributed by atoms with Crippen molar-refractivity contribution in [3.8, 4) is 0 Å². The first-order chi connectivity index (χ1) is 8.97. The molecule has 1 fully saturated rings. The van der Waals surface area contributed by atoms with Crippen LogP contribution in [0.25, 0.3) is 0 Å². The van der Waals surface area contributed by atoms with E-state index in [0.717, 1.165) is 45.0 Å². The number of nitrogens with one attached hydrogen (secondary N) is 2. The van der Waals surface area contributed by atoms with Crippen LogP contribution in [-0.4, -0.2) is 46.4 Å². The zero-order chi connectivity index (χ0) is 14.1. The molecule has 1 atom stereocenters. The Bertz CT molecular complexity index is 364. The first-order valence-corrected chi connectivity index (χ1v) is 8.69. The molecular formula is C12H24N2O4S. The van der Waals surface area contributed by atoms with E-state index >= 15 is 0 Å². The van der Waals surface area contributed by atoms with Gasteiger partial charge in [0.1, 0.15) is 0 Å². The number of sulfonamides is 1. The third-order valence-electron chi connectivity index (χ3n) is 3.02. The van der Waals surface area contributed by atoms with Gasteiger partial charge in [-0.2, -0.15) is 0 Å². The summed E-state index contributed by atoms with van der Waals surface area (Å²) in [6.07, 6.45) is 7.03. The van der Waals surface area contributed by atoms with E-state index in [1.165, 1.54) is 0 Å². The number of ether oxygens (including phenoxy) is 1. The van der Waals surface area contributed by atoms with Gasteiger partial charge in [0.25, 0.3) is 0 Å². The Morgan fingerprint density at radius 2 is 2.11 bits per heavy atom. The lowest BCUT2D eigenvalue weighted by molar-refractivity contribution is -0.120. The maximum atomic E-state index is 11.4. The summed E-state index contributed by atoms with van der Waals surface area (Å²) in [5.41, 5.74) is 0. The van der Waals surface area contributed by atoms with Gasteiger partial charge in [0.2, 0.25) is 15.9 Å². The van der Waals surface area contributed by atoms with Crippen molar-refractivity contribution in [1.29, 1.82) is 0 Å². The van der Waals surface area contributed by atoms with Crippen molar-refractivity contribution in [2.24, 2.45) is 0 Å². The van der Waals surface area contributed by atoms with Crippen molar-refractivity contribution < 1.29 is 17.9 Å². The van der Waals surface area contributed by atoms with Crippen LogP contribution in [-0.2, 0) is 19.6 Å². The second-order valence-electron chi connectivity index (χ2n) is 4.90. The predicted octanol–water partition coefficient (Wildman–Crippen LogP) is 0.391. The van der Waals surface area contributed by atoms with Crippen LogP contribution in [0, 0.1) is 0 Å². The van der Waals surface area contributed by atoms with Crippen LogP contribution in [0.2, 0.25) is 0 Å². The van der Waals surface area contributed by atoms with Gasteiger partial charge in [0.05, 0.1) is 12.4 Å². The average Bonchev–Trinajstić information content (AvgIpc) is 2.79. The highest BCUT2D eigenvalue weighted by molar-refractivity contribution is 7.88. The molecule has 1 rings (SSSR count). The minimum Gasteiger partial charge on any atom is -0.378 e. The van der Waals surface area contributed by atoms with E-state index in [9.17, 15) is 13.2 Å². The van der Waals surface area contributed by atoms with Gasteiger partial charge in [0, 0.05) is 26.1 Å². The van der Waals surface area contributed by atoms with E-state index in [4.69, 9.17) is 4.74 Å². The Morgan fingerprint density at radius 1 is 1.32 bits per heavy atom. The highest BCUT2D eigenvalue weighted by Gasteiger charge is 2.14. The van der Waals surface area contributed by atoms with Gasteiger partial charge in [-0.1, -0.05) is 0 Å². The van der Waals surface area contributed by atoms with E-state index in [1.807, 2.05) is 0 Å². The summed E-state index contributed by atoms with van der Waals surface area (Å²) in [7, 11) is -3.20. The van der Waals surface area contributed by atoms with Crippen molar-refractivity contribution in [2.75, 3.05) is 26.0 Å². The molecule has 0 aromatic carbocycles. The number of carbonyl (C=O) groups is 1. The molecule has 1 amide bonds. The fraction of sp³-hybridized carbons (Fsp3) is 0.917. The minimum atomic E-state index is -3.20. The SMILES string of the molecule is CS(=O)(=O)NCCC(=O)NCCCC[C@@H]1CCCO1. The molecule has 0 aromatic heterocycles. The van der Waals surface area contributed by atoms with E-state index in [1.54, 1.807) is 0 Å². The Balaban J connectivity index is 1.92. The van der Waals surface area contributed by atoms with Crippen molar-refractivity contribution in [1.82, 2.24) is 10.0 Å². The molecule has 2 N–H and O–H groups in total. The molecule has 0 spiro atoms. The molecule has 6 nitrogen and oxygen atoms in total. The molecular weight excluding hydrogens is 268 g/mol. The van der Waals surface area contributed by atoms with Crippen LogP contribution in [0.5, 0.6) is 0 Å². The van der Waals surface area contributed by atoms with Gasteiger partial charge >= 0.3 is 0 Å². The summed E-state index contributed by atoms with van der Waals surface area (Å²) in [6, 6.07) is 0. The van der Waals surface area contributed by atoms with Crippen LogP contribution in [0.15, 0.2) is 0 Å². The largest absolute Gasteiger partial charge is 0.378 e. The average molecular weight is 292 g/mol. The number of rotatable bonds is 9. The van der Waals surface area contributed by atoms with Gasteiger partial charge in [-0.05, 0) is 32.1 Å². The second-order valence-corrected chi connectivity index (χ2v) is 6.73. The first kappa shape index (κ1) is 16.4. The lowest BCUT2D eigenvalue weighted by atomic mass is 10.1. The Morgan fingerprint density at radius 3 is 2.74 bits per heavy atom. The summed E-state index contributed by atoms with van der Waals surface area (Å²) < 4.78 is 29.4. The normalized spacial score (nSPS) is 19.5. The van der Waals surface area contributed by atoms with Crippen LogP contribution in [0.1, 0.15) is 38.5 Å². The van der Waals surface area contributed by atoms with Crippen molar-refractivity contribution in [3.05, 3.63) is 0 Å². The van der Waals surface area contributed by atoms with Crippen LogP contribution >= 0.6 is 0 Å². The fourth-order valence-corrected chi connectivity index (χ4v) is 2.51. The quantitative estimate of drug-likeness (QED) is 0.602. The van der Waals surface area contributed by atoms with Crippen LogP contribution < -0.4 is 10.0 Å². The third-order valence-corrected chi connectivity index (χ3v) is 3.74. The lowest BCUT2D eigenvalue weighted by Gasteiger charge is -2.09. The molecule has 0 saturated carbocycles. The molecule has 1 saturated heterocycles. The number of hydrogen-bond acceptors (Lipinski definition) is 4. The standard InChI is InChI=1S/C12H24N2O4S/c1-19(16,17)14-9-7-12(15)13-8-3-2-5-11-6-4-10-18-11/h11,14H,2-10H2,1H3,(H,13,15)/t11-/m1/s1. The van der Waals surface area contributed by atoms with E-state index in [2.05, 4.69) is 10.0 Å². The zero-order valence-electron chi connectivity index (χ0n) is 11.5. The maximum Gasteiger partial charge on any atom is 0.221 e. The van der Waals surface area contributed by atoms with E-state index < -0.39 is 10.0 Å². The molecule has 0 aliphatic carbocycles. The highest BCUT2D eigenvalue weighted by Crippen LogP contribution is 2.17. The molecule has 1 aliphatic heterocycles. The van der Waals surface area contributed by atoms with Gasteiger partial charge in [-0.15, -0.1) is 0 Å². The third kappa shape index (κ3) is 8.96. The zero-order valence-corrected chi connectivity index (χ0v) is 12.3. The molecule has 1 heterocycles. The topological polar surface area (TPSA) is 84.5 Å².